The molecule has 0 aromatic heterocycles. The molecule has 0 radical (unpaired) electrons. The number of nitrogens with zero attached hydrogens (tertiary/aromatic N) is 2. The molecule has 7 nitrogen and oxygen atoms in total. The zero-order chi connectivity index (χ0) is 18.1. The van der Waals surface area contributed by atoms with Crippen molar-refractivity contribution >= 4 is 47.1 Å². The van der Waals surface area contributed by atoms with Crippen molar-refractivity contribution in [3.63, 3.8) is 0 Å². The smallest absolute Gasteiger partial charge is 0.327 e. The van der Waals surface area contributed by atoms with Gasteiger partial charge >= 0.3 is 5.97 Å². The van der Waals surface area contributed by atoms with Gasteiger partial charge in [0.15, 0.2) is 0 Å². The summed E-state index contributed by atoms with van der Waals surface area (Å²) in [5.74, 6) is -2.69. The fraction of sp³-hybridized carbons (Fsp3) is 0.375. The summed E-state index contributed by atoms with van der Waals surface area (Å²) in [6.45, 7) is 1.68. The number of thioether (sulfide) groups is 1. The lowest BCUT2D eigenvalue weighted by Crippen LogP contribution is -2.71. The highest BCUT2D eigenvalue weighted by molar-refractivity contribution is 8.01. The first kappa shape index (κ1) is 16.4. The average molecular weight is 381 g/mol. The minimum Gasteiger partial charge on any atom is -0.480 e. The molecule has 3 aliphatic heterocycles. The number of hydrogen-bond acceptors (Lipinski definition) is 5. The van der Waals surface area contributed by atoms with E-state index in [4.69, 9.17) is 11.6 Å². The second-order valence-electron chi connectivity index (χ2n) is 6.41. The first-order valence-electron chi connectivity index (χ1n) is 7.57. The summed E-state index contributed by atoms with van der Waals surface area (Å²) in [6.07, 6.45) is 0. The molecule has 2 fully saturated rings. The zero-order valence-electron chi connectivity index (χ0n) is 13.0. The van der Waals surface area contributed by atoms with Crippen molar-refractivity contribution < 1.29 is 24.3 Å². The van der Waals surface area contributed by atoms with E-state index in [-0.39, 0.29) is 17.0 Å². The molecule has 4 atom stereocenters. The molecule has 0 saturated carbocycles. The zero-order valence-corrected chi connectivity index (χ0v) is 14.6. The van der Waals surface area contributed by atoms with Crippen molar-refractivity contribution in [1.82, 2.24) is 9.80 Å². The number of carbonyl (C=O) groups excluding carboxylic acids is 3. The van der Waals surface area contributed by atoms with Gasteiger partial charge in [-0.3, -0.25) is 19.3 Å². The lowest BCUT2D eigenvalue weighted by atomic mass is 9.95. The molecule has 3 amide bonds. The summed E-state index contributed by atoms with van der Waals surface area (Å²) in [6, 6.07) is 4.31. The number of imide groups is 1. The number of carbonyl (C=O) groups is 4. The molecule has 1 aromatic rings. The highest BCUT2D eigenvalue weighted by Crippen LogP contribution is 2.53. The Balaban J connectivity index is 1.70. The van der Waals surface area contributed by atoms with E-state index in [1.807, 2.05) is 0 Å². The summed E-state index contributed by atoms with van der Waals surface area (Å²) in [5.41, 5.74) is 0.522. The Kier molecular flexibility index (Phi) is 3.42. The summed E-state index contributed by atoms with van der Waals surface area (Å²) < 4.78 is -0.888. The summed E-state index contributed by atoms with van der Waals surface area (Å²) in [5, 5.41) is 8.91. The second kappa shape index (κ2) is 5.22. The number of aliphatic carboxylic acids is 1. The molecule has 3 heterocycles. The largest absolute Gasteiger partial charge is 0.480 e. The molecule has 25 heavy (non-hydrogen) atoms. The van der Waals surface area contributed by atoms with Crippen LogP contribution in [0.15, 0.2) is 24.3 Å². The van der Waals surface area contributed by atoms with Crippen LogP contribution in [0.3, 0.4) is 0 Å². The number of alkyl halides is 1. The number of carboxylic acid groups (broad SMARTS) is 1. The molecule has 0 aliphatic carbocycles. The van der Waals surface area contributed by atoms with Crippen molar-refractivity contribution in [1.29, 1.82) is 0 Å². The normalized spacial score (nSPS) is 33.4. The van der Waals surface area contributed by atoms with E-state index in [0.717, 1.165) is 4.90 Å². The summed E-state index contributed by atoms with van der Waals surface area (Å²) in [4.78, 5) is 51.7. The molecule has 2 saturated heterocycles. The number of benzene rings is 1. The second-order valence-corrected chi connectivity index (χ2v) is 8.33. The highest BCUT2D eigenvalue weighted by atomic mass is 35.5. The standard InChI is InChI=1S/C16H13ClN2O5S/c1-16(6-17)10(15(23)24)19-13(22)9(14(19)25-16)18-11(20)7-4-2-3-5-8(7)12(18)21/h2-5,9-10,14H,6H2,1H3,(H,23,24)/t9?,10?,14-,16-/m0/s1. The molecule has 1 aromatic carbocycles. The lowest BCUT2D eigenvalue weighted by Gasteiger charge is -2.46. The highest BCUT2D eigenvalue weighted by Gasteiger charge is 2.68. The molecule has 4 rings (SSSR count). The number of hydrogen-bond donors (Lipinski definition) is 1. The molecule has 130 valence electrons. The Bertz CT molecular complexity index is 811. The Morgan fingerprint density at radius 3 is 2.28 bits per heavy atom. The van der Waals surface area contributed by atoms with Crippen LogP contribution in [0.1, 0.15) is 27.6 Å². The van der Waals surface area contributed by atoms with E-state index in [1.165, 1.54) is 16.7 Å². The van der Waals surface area contributed by atoms with Crippen LogP contribution < -0.4 is 0 Å². The molecule has 9 heteroatoms. The van der Waals surface area contributed by atoms with Gasteiger partial charge in [0.25, 0.3) is 17.7 Å². The molecule has 0 spiro atoms. The van der Waals surface area contributed by atoms with Crippen molar-refractivity contribution in [2.24, 2.45) is 0 Å². The van der Waals surface area contributed by atoms with Gasteiger partial charge in [-0.2, -0.15) is 0 Å². The number of β-lactam (4-membered cyclic amide) rings is 1. The third-order valence-electron chi connectivity index (χ3n) is 4.90. The van der Waals surface area contributed by atoms with Crippen LogP contribution in [0.25, 0.3) is 0 Å². The van der Waals surface area contributed by atoms with E-state index in [9.17, 15) is 24.3 Å². The van der Waals surface area contributed by atoms with Crippen LogP contribution in [0, 0.1) is 0 Å². The Morgan fingerprint density at radius 2 is 1.80 bits per heavy atom. The van der Waals surface area contributed by atoms with Crippen LogP contribution in [-0.2, 0) is 9.59 Å². The van der Waals surface area contributed by atoms with E-state index < -0.39 is 45.9 Å². The van der Waals surface area contributed by atoms with Gasteiger partial charge in [-0.25, -0.2) is 4.79 Å². The predicted octanol–water partition coefficient (Wildman–Crippen LogP) is 1.02. The van der Waals surface area contributed by atoms with Gasteiger partial charge in [-0.1, -0.05) is 12.1 Å². The van der Waals surface area contributed by atoms with E-state index >= 15 is 0 Å². The average Bonchev–Trinajstić information content (AvgIpc) is 3.01. The van der Waals surface area contributed by atoms with Crippen molar-refractivity contribution in [2.45, 2.75) is 29.1 Å². The van der Waals surface area contributed by atoms with Gasteiger partial charge in [0.1, 0.15) is 17.5 Å². The number of amides is 3. The van der Waals surface area contributed by atoms with Crippen LogP contribution >= 0.6 is 23.4 Å². The number of fused-ring (bicyclic) bond motifs is 2. The molecule has 0 bridgehead atoms. The monoisotopic (exact) mass is 380 g/mol. The van der Waals surface area contributed by atoms with Crippen LogP contribution in [0.2, 0.25) is 0 Å². The maximum atomic E-state index is 12.7. The topological polar surface area (TPSA) is 95.0 Å². The molecule has 2 unspecified atom stereocenters. The molecule has 3 aliphatic rings. The molecular weight excluding hydrogens is 368 g/mol. The van der Waals surface area contributed by atoms with Crippen LogP contribution in [-0.4, -0.2) is 66.7 Å². The number of rotatable bonds is 3. The minimum atomic E-state index is -1.15. The maximum absolute atomic E-state index is 12.7. The van der Waals surface area contributed by atoms with Gasteiger partial charge in [-0.05, 0) is 19.1 Å². The fourth-order valence-electron chi connectivity index (χ4n) is 3.68. The SMILES string of the molecule is C[C@@]1(CCl)S[C@H]2C(N3C(=O)c4ccccc4C3=O)C(=O)N2C1C(=O)O. The quantitative estimate of drug-likeness (QED) is 0.478. The fourth-order valence-corrected chi connectivity index (χ4v) is 5.68. The lowest BCUT2D eigenvalue weighted by molar-refractivity contribution is -0.162. The first-order valence-corrected chi connectivity index (χ1v) is 8.99. The van der Waals surface area contributed by atoms with Gasteiger partial charge in [0.2, 0.25) is 0 Å². The summed E-state index contributed by atoms with van der Waals surface area (Å²) in [7, 11) is 0. The van der Waals surface area contributed by atoms with Gasteiger partial charge in [0.05, 0.1) is 15.9 Å². The van der Waals surface area contributed by atoms with E-state index in [0.29, 0.717) is 0 Å². The third kappa shape index (κ3) is 1.95. The van der Waals surface area contributed by atoms with Gasteiger partial charge < -0.3 is 10.0 Å². The predicted molar refractivity (Wildman–Crippen MR) is 89.5 cm³/mol. The number of carboxylic acids is 1. The molecule has 1 N–H and O–H groups in total. The van der Waals surface area contributed by atoms with Crippen LogP contribution in [0.5, 0.6) is 0 Å². The van der Waals surface area contributed by atoms with E-state index in [1.54, 1.807) is 31.2 Å². The Hall–Kier alpha value is -2.06. The number of halogens is 1. The Morgan fingerprint density at radius 1 is 1.24 bits per heavy atom. The van der Waals surface area contributed by atoms with Gasteiger partial charge in [0, 0.05) is 5.88 Å². The summed E-state index contributed by atoms with van der Waals surface area (Å²) >= 11 is 7.19. The van der Waals surface area contributed by atoms with Gasteiger partial charge in [-0.15, -0.1) is 23.4 Å². The minimum absolute atomic E-state index is 0.0315. The van der Waals surface area contributed by atoms with Crippen LogP contribution in [0.4, 0.5) is 0 Å². The first-order chi connectivity index (χ1) is 11.8. The van der Waals surface area contributed by atoms with Crippen molar-refractivity contribution in [2.75, 3.05) is 5.88 Å². The Labute approximate surface area is 151 Å². The molecular formula is C16H13ClN2O5S. The maximum Gasteiger partial charge on any atom is 0.327 e. The third-order valence-corrected chi connectivity index (χ3v) is 7.25. The van der Waals surface area contributed by atoms with Crippen molar-refractivity contribution in [3.05, 3.63) is 35.4 Å². The van der Waals surface area contributed by atoms with E-state index in [2.05, 4.69) is 0 Å². The van der Waals surface area contributed by atoms with Crippen molar-refractivity contribution in [3.8, 4) is 0 Å².